The lowest BCUT2D eigenvalue weighted by molar-refractivity contribution is -0.0528. The molecule has 0 N–H and O–H groups in total. The molecule has 1 unspecified atom stereocenters. The molecule has 4 nitrogen and oxygen atoms in total. The van der Waals surface area contributed by atoms with Crippen molar-refractivity contribution in [2.45, 2.75) is 26.4 Å². The second kappa shape index (κ2) is 10.5. The molecule has 0 heterocycles. The van der Waals surface area contributed by atoms with Crippen LogP contribution in [0.3, 0.4) is 0 Å². The van der Waals surface area contributed by atoms with E-state index in [-0.39, 0.29) is 18.9 Å². The second-order valence-corrected chi connectivity index (χ2v) is 5.99. The van der Waals surface area contributed by atoms with E-state index in [2.05, 4.69) is 12.1 Å². The molecule has 2 rings (SSSR count). The van der Waals surface area contributed by atoms with Crippen molar-refractivity contribution < 1.29 is 19.0 Å². The summed E-state index contributed by atoms with van der Waals surface area (Å²) in [6.45, 7) is 4.59. The van der Waals surface area contributed by atoms with Gasteiger partial charge in [0.25, 0.3) is 0 Å². The number of hydrogen-bond donors (Lipinski definition) is 0. The first-order valence-corrected chi connectivity index (χ1v) is 8.71. The molecule has 1 atom stereocenters. The molecule has 0 fully saturated rings. The maximum absolute atomic E-state index is 12.1. The molecule has 4 heteroatoms. The number of esters is 1. The Morgan fingerprint density at radius 2 is 1.54 bits per heavy atom. The summed E-state index contributed by atoms with van der Waals surface area (Å²) in [5.41, 5.74) is 3.89. The summed E-state index contributed by atoms with van der Waals surface area (Å²) in [5.74, 6) is -0.306. The fraction of sp³-hybridized carbons (Fsp3) is 0.318. The third-order valence-corrected chi connectivity index (χ3v) is 4.24. The van der Waals surface area contributed by atoms with Crippen LogP contribution in [0.5, 0.6) is 0 Å². The van der Waals surface area contributed by atoms with E-state index in [1.54, 1.807) is 19.2 Å². The van der Waals surface area contributed by atoms with E-state index < -0.39 is 0 Å². The van der Waals surface area contributed by atoms with Crippen LogP contribution in [-0.4, -0.2) is 32.6 Å². The molecule has 0 saturated heterocycles. The van der Waals surface area contributed by atoms with Crippen LogP contribution >= 0.6 is 0 Å². The van der Waals surface area contributed by atoms with Crippen LogP contribution in [-0.2, 0) is 14.2 Å². The van der Waals surface area contributed by atoms with E-state index in [4.69, 9.17) is 14.2 Å². The van der Waals surface area contributed by atoms with Crippen LogP contribution in [0.25, 0.3) is 5.57 Å². The highest BCUT2D eigenvalue weighted by atomic mass is 16.7. The predicted octanol–water partition coefficient (Wildman–Crippen LogP) is 4.72. The van der Waals surface area contributed by atoms with Crippen LogP contribution in [0.4, 0.5) is 0 Å². The minimum atomic E-state index is -0.306. The van der Waals surface area contributed by atoms with E-state index >= 15 is 0 Å². The topological polar surface area (TPSA) is 44.8 Å². The van der Waals surface area contributed by atoms with Crippen molar-refractivity contribution in [2.24, 2.45) is 0 Å². The van der Waals surface area contributed by atoms with Crippen LogP contribution in [0.1, 0.15) is 36.2 Å². The van der Waals surface area contributed by atoms with E-state index in [9.17, 15) is 4.79 Å². The largest absolute Gasteiger partial charge is 0.462 e. The van der Waals surface area contributed by atoms with Gasteiger partial charge in [-0.25, -0.2) is 4.79 Å². The zero-order chi connectivity index (χ0) is 18.8. The molecule has 0 aliphatic carbocycles. The summed E-state index contributed by atoms with van der Waals surface area (Å²) in [6.07, 6.45) is 0.532. The molecule has 0 bridgehead atoms. The first-order valence-electron chi connectivity index (χ1n) is 8.71. The minimum Gasteiger partial charge on any atom is -0.462 e. The Hall–Kier alpha value is -2.43. The summed E-state index contributed by atoms with van der Waals surface area (Å²) < 4.78 is 16.1. The highest BCUT2D eigenvalue weighted by molar-refractivity contribution is 5.89. The fourth-order valence-electron chi connectivity index (χ4n) is 2.65. The Labute approximate surface area is 155 Å². The van der Waals surface area contributed by atoms with Gasteiger partial charge in [0, 0.05) is 13.5 Å². The zero-order valence-electron chi connectivity index (χ0n) is 15.6. The lowest BCUT2D eigenvalue weighted by atomic mass is 9.95. The van der Waals surface area contributed by atoms with Crippen LogP contribution < -0.4 is 0 Å². The Bertz CT molecular complexity index is 707. The van der Waals surface area contributed by atoms with E-state index in [0.29, 0.717) is 18.6 Å². The van der Waals surface area contributed by atoms with Gasteiger partial charge in [0.1, 0.15) is 6.79 Å². The molecule has 0 aliphatic rings. The standard InChI is InChI=1S/C22H26O4/c1-17(18(2)26-16-24-3)21(19-10-6-4-7-11-19)14-15-25-22(23)20-12-8-5-9-13-20/h4-13,18H,14-16H2,1-3H3/b21-17+. The number of carbonyl (C=O) groups is 1. The molecular formula is C22H26O4. The first-order chi connectivity index (χ1) is 12.6. The van der Waals surface area contributed by atoms with Gasteiger partial charge in [0.2, 0.25) is 0 Å². The molecule has 0 aliphatic heterocycles. The van der Waals surface area contributed by atoms with Crippen LogP contribution in [0, 0.1) is 0 Å². The van der Waals surface area contributed by atoms with Crippen molar-refractivity contribution in [1.29, 1.82) is 0 Å². The first kappa shape index (κ1) is 19.9. The molecule has 0 amide bonds. The molecule has 0 radical (unpaired) electrons. The molecule has 2 aromatic carbocycles. The number of benzene rings is 2. The van der Waals surface area contributed by atoms with Gasteiger partial charge < -0.3 is 14.2 Å². The lowest BCUT2D eigenvalue weighted by Gasteiger charge is -2.19. The summed E-state index contributed by atoms with van der Waals surface area (Å²) in [5, 5.41) is 0. The monoisotopic (exact) mass is 354 g/mol. The van der Waals surface area contributed by atoms with Gasteiger partial charge in [-0.2, -0.15) is 0 Å². The molecule has 138 valence electrons. The van der Waals surface area contributed by atoms with Gasteiger partial charge >= 0.3 is 5.97 Å². The van der Waals surface area contributed by atoms with Crippen molar-refractivity contribution >= 4 is 11.5 Å². The smallest absolute Gasteiger partial charge is 0.338 e. The van der Waals surface area contributed by atoms with Gasteiger partial charge in [-0.3, -0.25) is 0 Å². The lowest BCUT2D eigenvalue weighted by Crippen LogP contribution is -2.14. The summed E-state index contributed by atoms with van der Waals surface area (Å²) in [7, 11) is 1.60. The van der Waals surface area contributed by atoms with Crippen LogP contribution in [0.15, 0.2) is 66.2 Å². The van der Waals surface area contributed by atoms with Gasteiger partial charge in [-0.1, -0.05) is 48.5 Å². The molecular weight excluding hydrogens is 328 g/mol. The second-order valence-electron chi connectivity index (χ2n) is 5.99. The Kier molecular flexibility index (Phi) is 8.06. The quantitative estimate of drug-likeness (QED) is 0.483. The number of rotatable bonds is 9. The van der Waals surface area contributed by atoms with Gasteiger partial charge in [-0.15, -0.1) is 0 Å². The summed E-state index contributed by atoms with van der Waals surface area (Å²) in [6, 6.07) is 19.1. The van der Waals surface area contributed by atoms with Crippen molar-refractivity contribution in [3.8, 4) is 0 Å². The third-order valence-electron chi connectivity index (χ3n) is 4.24. The summed E-state index contributed by atoms with van der Waals surface area (Å²) >= 11 is 0. The van der Waals surface area contributed by atoms with Crippen molar-refractivity contribution in [3.63, 3.8) is 0 Å². The third kappa shape index (κ3) is 5.83. The average molecular weight is 354 g/mol. The van der Waals surface area contributed by atoms with Crippen LogP contribution in [0.2, 0.25) is 0 Å². The Morgan fingerprint density at radius 1 is 0.962 bits per heavy atom. The normalized spacial score (nSPS) is 13.0. The highest BCUT2D eigenvalue weighted by Gasteiger charge is 2.14. The van der Waals surface area contributed by atoms with Crippen molar-refractivity contribution in [3.05, 3.63) is 77.4 Å². The minimum absolute atomic E-state index is 0.0880. The number of hydrogen-bond acceptors (Lipinski definition) is 4. The number of carbonyl (C=O) groups excluding carboxylic acids is 1. The molecule has 0 saturated carbocycles. The van der Waals surface area contributed by atoms with E-state index in [0.717, 1.165) is 16.7 Å². The Morgan fingerprint density at radius 3 is 2.12 bits per heavy atom. The van der Waals surface area contributed by atoms with E-state index in [1.807, 2.05) is 50.2 Å². The molecule has 2 aromatic rings. The summed E-state index contributed by atoms with van der Waals surface area (Å²) in [4.78, 5) is 12.1. The molecule has 26 heavy (non-hydrogen) atoms. The predicted molar refractivity (Wildman–Crippen MR) is 103 cm³/mol. The van der Waals surface area contributed by atoms with Crippen molar-refractivity contribution in [1.82, 2.24) is 0 Å². The van der Waals surface area contributed by atoms with Gasteiger partial charge in [0.15, 0.2) is 0 Å². The fourth-order valence-corrected chi connectivity index (χ4v) is 2.65. The maximum Gasteiger partial charge on any atom is 0.338 e. The van der Waals surface area contributed by atoms with Gasteiger partial charge in [-0.05, 0) is 42.7 Å². The average Bonchev–Trinajstić information content (AvgIpc) is 2.70. The number of methoxy groups -OCH3 is 1. The maximum atomic E-state index is 12.1. The highest BCUT2D eigenvalue weighted by Crippen LogP contribution is 2.25. The molecule has 0 aromatic heterocycles. The molecule has 0 spiro atoms. The SMILES string of the molecule is COCOC(C)/C(C)=C(\CCOC(=O)c1ccccc1)c1ccccc1. The van der Waals surface area contributed by atoms with Crippen molar-refractivity contribution in [2.75, 3.05) is 20.5 Å². The number of ether oxygens (including phenoxy) is 3. The zero-order valence-corrected chi connectivity index (χ0v) is 15.6. The van der Waals surface area contributed by atoms with E-state index in [1.165, 1.54) is 0 Å². The van der Waals surface area contributed by atoms with Gasteiger partial charge in [0.05, 0.1) is 18.3 Å². The Balaban J connectivity index is 2.08.